The molecule has 0 spiro atoms. The van der Waals surface area contributed by atoms with Crippen molar-refractivity contribution in [3.05, 3.63) is 90.0 Å². The fourth-order valence-electron chi connectivity index (χ4n) is 2.55. The third kappa shape index (κ3) is 4.89. The number of benzene rings is 3. The van der Waals surface area contributed by atoms with Gasteiger partial charge < -0.3 is 16.8 Å². The van der Waals surface area contributed by atoms with Gasteiger partial charge in [0.15, 0.2) is 0 Å². The van der Waals surface area contributed by atoms with Crippen LogP contribution in [0, 0.1) is 0 Å². The number of amides is 2. The first kappa shape index (κ1) is 18.5. The zero-order valence-electron chi connectivity index (χ0n) is 14.5. The molecule has 0 aliphatic rings. The van der Waals surface area contributed by atoms with Crippen LogP contribution in [0.15, 0.2) is 83.8 Å². The first-order valence-corrected chi connectivity index (χ1v) is 9.19. The van der Waals surface area contributed by atoms with Crippen LogP contribution in [0.2, 0.25) is 0 Å². The van der Waals surface area contributed by atoms with E-state index in [1.54, 1.807) is 24.3 Å². The molecule has 3 rings (SSSR count). The number of nitrogens with one attached hydrogen (secondary N) is 1. The monoisotopic (exact) mass is 377 g/mol. The van der Waals surface area contributed by atoms with Crippen molar-refractivity contribution in [2.24, 2.45) is 5.73 Å². The van der Waals surface area contributed by atoms with Gasteiger partial charge in [-0.2, -0.15) is 0 Å². The number of thioether (sulfide) groups is 1. The lowest BCUT2D eigenvalue weighted by atomic mass is 10.1. The van der Waals surface area contributed by atoms with Crippen LogP contribution in [0.1, 0.15) is 21.2 Å². The van der Waals surface area contributed by atoms with Crippen LogP contribution in [0.25, 0.3) is 0 Å². The molecule has 1 unspecified atom stereocenters. The Balaban J connectivity index is 1.83. The molecule has 0 aromatic heterocycles. The van der Waals surface area contributed by atoms with E-state index in [2.05, 4.69) is 5.32 Å². The van der Waals surface area contributed by atoms with Gasteiger partial charge in [-0.05, 0) is 48.0 Å². The van der Waals surface area contributed by atoms with Crippen LogP contribution in [0.4, 0.5) is 11.4 Å². The van der Waals surface area contributed by atoms with Crippen molar-refractivity contribution in [2.45, 2.75) is 10.1 Å². The van der Waals surface area contributed by atoms with E-state index in [1.165, 1.54) is 11.8 Å². The van der Waals surface area contributed by atoms with Crippen molar-refractivity contribution >= 4 is 35.0 Å². The molecule has 0 heterocycles. The summed E-state index contributed by atoms with van der Waals surface area (Å²) in [6.07, 6.45) is 0. The maximum absolute atomic E-state index is 13.0. The molecule has 3 aromatic rings. The molecule has 0 bridgehead atoms. The van der Waals surface area contributed by atoms with Crippen molar-refractivity contribution in [3.63, 3.8) is 0 Å². The minimum Gasteiger partial charge on any atom is -0.399 e. The molecule has 2 amide bonds. The van der Waals surface area contributed by atoms with Gasteiger partial charge in [-0.25, -0.2) is 0 Å². The molecule has 3 aromatic carbocycles. The number of anilines is 2. The van der Waals surface area contributed by atoms with Crippen LogP contribution >= 0.6 is 11.8 Å². The summed E-state index contributed by atoms with van der Waals surface area (Å²) in [6.45, 7) is 0. The van der Waals surface area contributed by atoms with Crippen molar-refractivity contribution in [2.75, 3.05) is 11.1 Å². The summed E-state index contributed by atoms with van der Waals surface area (Å²) in [5.74, 6) is -0.673. The van der Waals surface area contributed by atoms with E-state index in [1.807, 2.05) is 54.6 Å². The zero-order valence-corrected chi connectivity index (χ0v) is 15.3. The Morgan fingerprint density at radius 1 is 0.889 bits per heavy atom. The molecule has 5 nitrogen and oxygen atoms in total. The molecule has 27 heavy (non-hydrogen) atoms. The molecule has 0 aliphatic carbocycles. The van der Waals surface area contributed by atoms with Gasteiger partial charge in [0, 0.05) is 21.8 Å². The van der Waals surface area contributed by atoms with Gasteiger partial charge in [0.2, 0.25) is 11.8 Å². The molecule has 1 atom stereocenters. The smallest absolute Gasteiger partial charge is 0.248 e. The van der Waals surface area contributed by atoms with E-state index in [0.717, 1.165) is 10.5 Å². The van der Waals surface area contributed by atoms with Gasteiger partial charge in [-0.15, -0.1) is 11.8 Å². The minimum absolute atomic E-state index is 0.166. The minimum atomic E-state index is -0.507. The number of carbonyl (C=O) groups excluding carboxylic acids is 2. The number of rotatable bonds is 6. The Bertz CT molecular complexity index is 943. The summed E-state index contributed by atoms with van der Waals surface area (Å²) in [4.78, 5) is 25.1. The highest BCUT2D eigenvalue weighted by atomic mass is 32.2. The van der Waals surface area contributed by atoms with Gasteiger partial charge in [-0.3, -0.25) is 9.59 Å². The maximum atomic E-state index is 13.0. The first-order valence-electron chi connectivity index (χ1n) is 8.31. The lowest BCUT2D eigenvalue weighted by Gasteiger charge is -2.17. The molecule has 0 saturated heterocycles. The SMILES string of the molecule is NC(=O)c1ccc(NC(=O)C(Sc2cccc(N)c2)c2ccccc2)cc1. The Morgan fingerprint density at radius 3 is 2.22 bits per heavy atom. The van der Waals surface area contributed by atoms with Gasteiger partial charge in [-0.1, -0.05) is 36.4 Å². The summed E-state index contributed by atoms with van der Waals surface area (Å²) in [6, 6.07) is 23.5. The van der Waals surface area contributed by atoms with E-state index in [0.29, 0.717) is 16.9 Å². The fourth-order valence-corrected chi connectivity index (χ4v) is 3.64. The Morgan fingerprint density at radius 2 is 1.59 bits per heavy atom. The predicted octanol–water partition coefficient (Wildman–Crippen LogP) is 3.84. The summed E-state index contributed by atoms with van der Waals surface area (Å²) < 4.78 is 0. The quantitative estimate of drug-likeness (QED) is 0.449. The third-order valence-electron chi connectivity index (χ3n) is 3.89. The molecule has 5 N–H and O–H groups in total. The molecule has 6 heteroatoms. The topological polar surface area (TPSA) is 98.2 Å². The van der Waals surface area contributed by atoms with Crippen LogP contribution < -0.4 is 16.8 Å². The van der Waals surface area contributed by atoms with Gasteiger partial charge in [0.25, 0.3) is 0 Å². The van der Waals surface area contributed by atoms with Gasteiger partial charge in [0.05, 0.1) is 0 Å². The average Bonchev–Trinajstić information content (AvgIpc) is 2.67. The maximum Gasteiger partial charge on any atom is 0.248 e. The average molecular weight is 377 g/mol. The highest BCUT2D eigenvalue weighted by Crippen LogP contribution is 2.36. The first-order chi connectivity index (χ1) is 13.0. The Labute approximate surface area is 161 Å². The van der Waals surface area contributed by atoms with E-state index >= 15 is 0 Å². The highest BCUT2D eigenvalue weighted by molar-refractivity contribution is 8.00. The summed E-state index contributed by atoms with van der Waals surface area (Å²) in [7, 11) is 0. The Hall–Kier alpha value is -3.25. The predicted molar refractivity (Wildman–Crippen MR) is 109 cm³/mol. The lowest BCUT2D eigenvalue weighted by Crippen LogP contribution is -2.19. The van der Waals surface area contributed by atoms with Crippen molar-refractivity contribution in [1.82, 2.24) is 0 Å². The van der Waals surface area contributed by atoms with Crippen LogP contribution in [0.3, 0.4) is 0 Å². The summed E-state index contributed by atoms with van der Waals surface area (Å²) in [5.41, 5.74) is 13.6. The third-order valence-corrected chi connectivity index (χ3v) is 5.14. The van der Waals surface area contributed by atoms with E-state index in [-0.39, 0.29) is 5.91 Å². The van der Waals surface area contributed by atoms with Gasteiger partial charge >= 0.3 is 0 Å². The van der Waals surface area contributed by atoms with Crippen LogP contribution in [-0.2, 0) is 4.79 Å². The van der Waals surface area contributed by atoms with E-state index < -0.39 is 11.2 Å². The standard InChI is InChI=1S/C21H19N3O2S/c22-16-7-4-8-18(13-16)27-19(14-5-2-1-3-6-14)21(26)24-17-11-9-15(10-12-17)20(23)25/h1-13,19H,22H2,(H2,23,25)(H,24,26). The van der Waals surface area contributed by atoms with E-state index in [4.69, 9.17) is 11.5 Å². The molecule has 0 fully saturated rings. The second kappa shape index (κ2) is 8.42. The van der Waals surface area contributed by atoms with Crippen molar-refractivity contribution in [3.8, 4) is 0 Å². The molecular weight excluding hydrogens is 358 g/mol. The second-order valence-electron chi connectivity index (χ2n) is 5.91. The summed E-state index contributed by atoms with van der Waals surface area (Å²) in [5, 5.41) is 2.44. The summed E-state index contributed by atoms with van der Waals surface area (Å²) >= 11 is 1.43. The van der Waals surface area contributed by atoms with E-state index in [9.17, 15) is 9.59 Å². The lowest BCUT2D eigenvalue weighted by molar-refractivity contribution is -0.115. The Kier molecular flexibility index (Phi) is 5.78. The second-order valence-corrected chi connectivity index (χ2v) is 7.09. The highest BCUT2D eigenvalue weighted by Gasteiger charge is 2.22. The van der Waals surface area contributed by atoms with Crippen molar-refractivity contribution in [1.29, 1.82) is 0 Å². The largest absolute Gasteiger partial charge is 0.399 e. The molecule has 0 aliphatic heterocycles. The number of hydrogen-bond donors (Lipinski definition) is 3. The molecule has 0 radical (unpaired) electrons. The number of nitrogens with two attached hydrogens (primary N) is 2. The molecular formula is C21H19N3O2S. The fraction of sp³-hybridized carbons (Fsp3) is 0.0476. The van der Waals surface area contributed by atoms with Gasteiger partial charge in [0.1, 0.15) is 5.25 Å². The van der Waals surface area contributed by atoms with Crippen LogP contribution in [0.5, 0.6) is 0 Å². The number of nitrogen functional groups attached to an aromatic ring is 1. The molecule has 0 saturated carbocycles. The van der Waals surface area contributed by atoms with Crippen LogP contribution in [-0.4, -0.2) is 11.8 Å². The zero-order chi connectivity index (χ0) is 19.2. The number of hydrogen-bond acceptors (Lipinski definition) is 4. The number of carbonyl (C=O) groups is 2. The number of primary amides is 1. The molecule has 136 valence electrons. The van der Waals surface area contributed by atoms with Crippen molar-refractivity contribution < 1.29 is 9.59 Å². The normalized spacial score (nSPS) is 11.6.